The first-order chi connectivity index (χ1) is 9.61. The van der Waals surface area contributed by atoms with Gasteiger partial charge < -0.3 is 14.6 Å². The Morgan fingerprint density at radius 3 is 1.75 bits per heavy atom. The zero-order valence-electron chi connectivity index (χ0n) is 11.7. The van der Waals surface area contributed by atoms with Crippen molar-refractivity contribution in [3.63, 3.8) is 0 Å². The predicted octanol–water partition coefficient (Wildman–Crippen LogP) is 3.22. The van der Waals surface area contributed by atoms with Crippen LogP contribution in [0.2, 0.25) is 5.82 Å². The average molecular weight is 267 g/mol. The van der Waals surface area contributed by atoms with Gasteiger partial charge >= 0.3 is 7.12 Å². The SMILES string of the molecule is CC([C@@H](C)B(O)O)n1c2ccccc2c2ccccc21. The summed E-state index contributed by atoms with van der Waals surface area (Å²) in [5.74, 6) is -0.241. The van der Waals surface area contributed by atoms with E-state index in [1.807, 2.05) is 38.1 Å². The van der Waals surface area contributed by atoms with E-state index >= 15 is 0 Å². The van der Waals surface area contributed by atoms with Gasteiger partial charge in [0.25, 0.3) is 0 Å². The molecule has 0 bridgehead atoms. The molecule has 3 rings (SSSR count). The van der Waals surface area contributed by atoms with Crippen LogP contribution in [0, 0.1) is 0 Å². The first-order valence-electron chi connectivity index (χ1n) is 6.95. The Kier molecular flexibility index (Phi) is 3.28. The van der Waals surface area contributed by atoms with Crippen LogP contribution in [0.25, 0.3) is 21.8 Å². The summed E-state index contributed by atoms with van der Waals surface area (Å²) in [6, 6.07) is 16.5. The minimum Gasteiger partial charge on any atom is -0.427 e. The zero-order chi connectivity index (χ0) is 14.3. The molecule has 3 nitrogen and oxygen atoms in total. The second kappa shape index (κ2) is 4.96. The van der Waals surface area contributed by atoms with E-state index in [1.54, 1.807) is 0 Å². The standard InChI is InChI=1S/C16H18BNO2/c1-11(17(19)20)12(2)18-15-9-5-3-7-13(15)14-8-4-6-10-16(14)18/h3-12,19-20H,1-2H3/t11-,12?/m1/s1. The van der Waals surface area contributed by atoms with E-state index in [0.29, 0.717) is 0 Å². The van der Waals surface area contributed by atoms with Gasteiger partial charge in [0.05, 0.1) is 0 Å². The second-order valence-electron chi connectivity index (χ2n) is 5.42. The Balaban J connectivity index is 2.32. The van der Waals surface area contributed by atoms with Crippen molar-refractivity contribution in [3.8, 4) is 0 Å². The van der Waals surface area contributed by atoms with Gasteiger partial charge in [-0.1, -0.05) is 43.3 Å². The summed E-state index contributed by atoms with van der Waals surface area (Å²) in [6.45, 7) is 3.89. The van der Waals surface area contributed by atoms with Crippen LogP contribution in [0.1, 0.15) is 19.9 Å². The number of hydrogen-bond acceptors (Lipinski definition) is 2. The Hall–Kier alpha value is -1.78. The third-order valence-corrected chi connectivity index (χ3v) is 4.26. The van der Waals surface area contributed by atoms with E-state index in [1.165, 1.54) is 10.8 Å². The quantitative estimate of drug-likeness (QED) is 0.716. The average Bonchev–Trinajstić information content (AvgIpc) is 2.80. The predicted molar refractivity (Wildman–Crippen MR) is 83.8 cm³/mol. The number of hydrogen-bond donors (Lipinski definition) is 2. The number of rotatable bonds is 3. The van der Waals surface area contributed by atoms with Crippen molar-refractivity contribution < 1.29 is 10.0 Å². The molecule has 1 aromatic heterocycles. The van der Waals surface area contributed by atoms with Crippen LogP contribution in [-0.2, 0) is 0 Å². The molecular weight excluding hydrogens is 249 g/mol. The molecule has 0 aliphatic rings. The van der Waals surface area contributed by atoms with Crippen molar-refractivity contribution in [3.05, 3.63) is 48.5 Å². The van der Waals surface area contributed by atoms with E-state index in [4.69, 9.17) is 0 Å². The highest BCUT2D eigenvalue weighted by molar-refractivity contribution is 6.43. The molecule has 102 valence electrons. The van der Waals surface area contributed by atoms with Gasteiger partial charge in [0.1, 0.15) is 0 Å². The third-order valence-electron chi connectivity index (χ3n) is 4.26. The van der Waals surface area contributed by atoms with Crippen LogP contribution < -0.4 is 0 Å². The van der Waals surface area contributed by atoms with E-state index in [9.17, 15) is 10.0 Å². The molecule has 2 N–H and O–H groups in total. The van der Waals surface area contributed by atoms with Crippen molar-refractivity contribution >= 4 is 28.9 Å². The van der Waals surface area contributed by atoms with E-state index in [-0.39, 0.29) is 11.9 Å². The molecule has 2 atom stereocenters. The largest absolute Gasteiger partial charge is 0.456 e. The molecule has 0 saturated carbocycles. The van der Waals surface area contributed by atoms with Crippen molar-refractivity contribution in [2.45, 2.75) is 25.7 Å². The normalized spacial score (nSPS) is 14.6. The molecule has 3 aromatic rings. The maximum absolute atomic E-state index is 9.48. The van der Waals surface area contributed by atoms with Gasteiger partial charge in [-0.25, -0.2) is 0 Å². The molecule has 2 aromatic carbocycles. The van der Waals surface area contributed by atoms with Crippen molar-refractivity contribution in [1.29, 1.82) is 0 Å². The van der Waals surface area contributed by atoms with Crippen molar-refractivity contribution in [2.24, 2.45) is 0 Å². The summed E-state index contributed by atoms with van der Waals surface area (Å²) in [6.07, 6.45) is 0. The lowest BCUT2D eigenvalue weighted by atomic mass is 9.70. The highest BCUT2D eigenvalue weighted by atomic mass is 16.4. The lowest BCUT2D eigenvalue weighted by Gasteiger charge is -2.23. The number of benzene rings is 2. The highest BCUT2D eigenvalue weighted by Crippen LogP contribution is 2.35. The second-order valence-corrected chi connectivity index (χ2v) is 5.42. The first kappa shape index (κ1) is 13.2. The molecule has 1 unspecified atom stereocenters. The fourth-order valence-electron chi connectivity index (χ4n) is 2.88. The lowest BCUT2D eigenvalue weighted by Crippen LogP contribution is -2.25. The van der Waals surface area contributed by atoms with Gasteiger partial charge in [-0.15, -0.1) is 0 Å². The molecule has 0 aliphatic carbocycles. The smallest absolute Gasteiger partial charge is 0.427 e. The van der Waals surface area contributed by atoms with Gasteiger partial charge in [-0.3, -0.25) is 0 Å². The third kappa shape index (κ3) is 1.92. The minimum absolute atomic E-state index is 0.000185. The van der Waals surface area contributed by atoms with Crippen molar-refractivity contribution in [2.75, 3.05) is 0 Å². The van der Waals surface area contributed by atoms with Crippen molar-refractivity contribution in [1.82, 2.24) is 4.57 Å². The fraction of sp³-hybridized carbons (Fsp3) is 0.250. The van der Waals surface area contributed by atoms with Gasteiger partial charge in [-0.05, 0) is 19.1 Å². The van der Waals surface area contributed by atoms with Gasteiger partial charge in [-0.2, -0.15) is 0 Å². The number of fused-ring (bicyclic) bond motifs is 3. The summed E-state index contributed by atoms with van der Waals surface area (Å²) in [4.78, 5) is 0. The van der Waals surface area contributed by atoms with Crippen LogP contribution in [-0.4, -0.2) is 21.7 Å². The molecule has 0 amide bonds. The summed E-state index contributed by atoms with van der Waals surface area (Å²) >= 11 is 0. The Labute approximate surface area is 118 Å². The highest BCUT2D eigenvalue weighted by Gasteiger charge is 2.27. The molecule has 1 heterocycles. The molecule has 20 heavy (non-hydrogen) atoms. The number of aromatic nitrogens is 1. The molecular formula is C16H18BNO2. The van der Waals surface area contributed by atoms with Gasteiger partial charge in [0.2, 0.25) is 0 Å². The Morgan fingerprint density at radius 2 is 1.30 bits per heavy atom. The molecule has 0 spiro atoms. The summed E-state index contributed by atoms with van der Waals surface area (Å²) in [5.41, 5.74) is 2.27. The van der Waals surface area contributed by atoms with Crippen LogP contribution in [0.15, 0.2) is 48.5 Å². The number of para-hydroxylation sites is 2. The molecule has 0 radical (unpaired) electrons. The number of nitrogens with zero attached hydrogens (tertiary/aromatic N) is 1. The van der Waals surface area contributed by atoms with Crippen LogP contribution >= 0.6 is 0 Å². The van der Waals surface area contributed by atoms with Gasteiger partial charge in [0.15, 0.2) is 0 Å². The topological polar surface area (TPSA) is 45.4 Å². The fourth-order valence-corrected chi connectivity index (χ4v) is 2.88. The molecule has 4 heteroatoms. The molecule has 0 saturated heterocycles. The van der Waals surface area contributed by atoms with E-state index in [0.717, 1.165) is 11.0 Å². The monoisotopic (exact) mass is 267 g/mol. The van der Waals surface area contributed by atoms with Crippen LogP contribution in [0.3, 0.4) is 0 Å². The zero-order valence-corrected chi connectivity index (χ0v) is 11.7. The maximum atomic E-state index is 9.48. The molecule has 0 fully saturated rings. The minimum atomic E-state index is -1.31. The summed E-state index contributed by atoms with van der Waals surface area (Å²) in [5, 5.41) is 21.4. The van der Waals surface area contributed by atoms with Crippen LogP contribution in [0.5, 0.6) is 0 Å². The summed E-state index contributed by atoms with van der Waals surface area (Å²) in [7, 11) is -1.31. The van der Waals surface area contributed by atoms with Gasteiger partial charge in [0, 0.05) is 33.7 Å². The summed E-state index contributed by atoms with van der Waals surface area (Å²) < 4.78 is 2.20. The molecule has 0 aliphatic heterocycles. The first-order valence-corrected chi connectivity index (χ1v) is 6.95. The van der Waals surface area contributed by atoms with E-state index in [2.05, 4.69) is 28.8 Å². The lowest BCUT2D eigenvalue weighted by molar-refractivity contribution is 0.362. The Bertz CT molecular complexity index is 697. The van der Waals surface area contributed by atoms with E-state index < -0.39 is 7.12 Å². The van der Waals surface area contributed by atoms with Crippen LogP contribution in [0.4, 0.5) is 0 Å². The Morgan fingerprint density at radius 1 is 0.850 bits per heavy atom. The maximum Gasteiger partial charge on any atom is 0.456 e.